The quantitative estimate of drug-likeness (QED) is 0.473. The molecule has 3 heterocycles. The van der Waals surface area contributed by atoms with E-state index in [2.05, 4.69) is 17.1 Å². The molecular weight excluding hydrogens is 444 g/mol. The van der Waals surface area contributed by atoms with Gasteiger partial charge in [0.05, 0.1) is 29.4 Å². The molecule has 1 aliphatic rings. The molecule has 3 rings (SSSR count). The minimum Gasteiger partial charge on any atom is -0.463 e. The Morgan fingerprint density at radius 2 is 2.16 bits per heavy atom. The summed E-state index contributed by atoms with van der Waals surface area (Å²) in [4.78, 5) is 18.4. The molecule has 32 heavy (non-hydrogen) atoms. The highest BCUT2D eigenvalue weighted by Gasteiger charge is 2.38. The van der Waals surface area contributed by atoms with Gasteiger partial charge in [0.1, 0.15) is 28.5 Å². The van der Waals surface area contributed by atoms with Crippen LogP contribution in [0.3, 0.4) is 0 Å². The van der Waals surface area contributed by atoms with Crippen LogP contribution in [0.1, 0.15) is 41.5 Å². The van der Waals surface area contributed by atoms with Crippen molar-refractivity contribution in [2.75, 3.05) is 12.4 Å². The van der Waals surface area contributed by atoms with Gasteiger partial charge in [-0.05, 0) is 43.3 Å². The van der Waals surface area contributed by atoms with Crippen molar-refractivity contribution >= 4 is 29.1 Å². The highest BCUT2D eigenvalue weighted by molar-refractivity contribution is 7.99. The van der Waals surface area contributed by atoms with Gasteiger partial charge in [0.2, 0.25) is 5.88 Å². The van der Waals surface area contributed by atoms with Crippen LogP contribution in [0.2, 0.25) is 0 Å². The van der Waals surface area contributed by atoms with Gasteiger partial charge in [-0.3, -0.25) is 0 Å². The number of thiophene rings is 1. The van der Waals surface area contributed by atoms with Gasteiger partial charge >= 0.3 is 5.97 Å². The molecule has 0 saturated heterocycles. The van der Waals surface area contributed by atoms with E-state index < -0.39 is 11.9 Å². The molecule has 0 saturated carbocycles. The van der Waals surface area contributed by atoms with Gasteiger partial charge in [-0.15, -0.1) is 11.3 Å². The van der Waals surface area contributed by atoms with Gasteiger partial charge in [-0.1, -0.05) is 24.8 Å². The van der Waals surface area contributed by atoms with E-state index in [1.807, 2.05) is 37.4 Å². The van der Waals surface area contributed by atoms with Crippen molar-refractivity contribution in [1.82, 2.24) is 4.98 Å². The Labute approximate surface area is 195 Å². The van der Waals surface area contributed by atoms with E-state index in [1.54, 1.807) is 6.92 Å². The number of hydrogen-bond donors (Lipinski definition) is 1. The zero-order chi connectivity index (χ0) is 23.3. The van der Waals surface area contributed by atoms with Gasteiger partial charge in [-0.25, -0.2) is 9.78 Å². The maximum atomic E-state index is 13.0. The van der Waals surface area contributed by atoms with Crippen LogP contribution in [0.5, 0.6) is 0 Å². The minimum absolute atomic E-state index is 0.0406. The number of carbonyl (C=O) groups is 1. The molecule has 0 radical (unpaired) electrons. The van der Waals surface area contributed by atoms with E-state index in [0.29, 0.717) is 16.3 Å². The highest BCUT2D eigenvalue weighted by atomic mass is 32.2. The summed E-state index contributed by atoms with van der Waals surface area (Å²) in [5, 5.41) is 21.7. The number of aromatic nitrogens is 1. The number of aryl methyl sites for hydroxylation is 2. The first-order valence-corrected chi connectivity index (χ1v) is 11.9. The predicted molar refractivity (Wildman–Crippen MR) is 122 cm³/mol. The van der Waals surface area contributed by atoms with Crippen LogP contribution in [0, 0.1) is 29.6 Å². The second-order valence-electron chi connectivity index (χ2n) is 6.86. The van der Waals surface area contributed by atoms with E-state index >= 15 is 0 Å². The van der Waals surface area contributed by atoms with E-state index in [0.717, 1.165) is 22.6 Å². The third kappa shape index (κ3) is 4.64. The van der Waals surface area contributed by atoms with Crippen molar-refractivity contribution in [3.8, 4) is 12.1 Å². The molecule has 0 aromatic carbocycles. The predicted octanol–water partition coefficient (Wildman–Crippen LogP) is 4.30. The SMILES string of the molecule is CCOC(=O)C1=C(CSc2nc(CC)c(C)cc2C#N)OC(N)=C(C#N)C1c1cccs1. The molecule has 164 valence electrons. The number of ether oxygens (including phenoxy) is 2. The molecule has 1 unspecified atom stereocenters. The number of nitriles is 2. The fraction of sp³-hybridized carbons (Fsp3) is 0.304. The van der Waals surface area contributed by atoms with Crippen LogP contribution in [-0.4, -0.2) is 23.3 Å². The maximum Gasteiger partial charge on any atom is 0.338 e. The molecule has 2 aromatic rings. The van der Waals surface area contributed by atoms with Crippen LogP contribution in [0.25, 0.3) is 0 Å². The molecule has 0 aliphatic carbocycles. The first-order valence-electron chi connectivity index (χ1n) is 9.99. The van der Waals surface area contributed by atoms with Crippen molar-refractivity contribution < 1.29 is 14.3 Å². The molecule has 7 nitrogen and oxygen atoms in total. The Balaban J connectivity index is 2.06. The average molecular weight is 467 g/mol. The summed E-state index contributed by atoms with van der Waals surface area (Å²) in [5.41, 5.74) is 8.80. The zero-order valence-electron chi connectivity index (χ0n) is 18.0. The van der Waals surface area contributed by atoms with Gasteiger partial charge < -0.3 is 15.2 Å². The lowest BCUT2D eigenvalue weighted by molar-refractivity contribution is -0.139. The maximum absolute atomic E-state index is 13.0. The topological polar surface area (TPSA) is 122 Å². The Kier molecular flexibility index (Phi) is 7.57. The lowest BCUT2D eigenvalue weighted by Gasteiger charge is -2.27. The summed E-state index contributed by atoms with van der Waals surface area (Å²) in [6.07, 6.45) is 0.736. The fourth-order valence-corrected chi connectivity index (χ4v) is 5.17. The lowest BCUT2D eigenvalue weighted by atomic mass is 9.87. The second-order valence-corrected chi connectivity index (χ2v) is 8.80. The van der Waals surface area contributed by atoms with Crippen LogP contribution in [0.15, 0.2) is 51.4 Å². The van der Waals surface area contributed by atoms with Gasteiger partial charge in [-0.2, -0.15) is 10.5 Å². The van der Waals surface area contributed by atoms with Gasteiger partial charge in [0.15, 0.2) is 0 Å². The smallest absolute Gasteiger partial charge is 0.338 e. The number of rotatable bonds is 7. The molecule has 0 amide bonds. The summed E-state index contributed by atoms with van der Waals surface area (Å²) >= 11 is 2.70. The van der Waals surface area contributed by atoms with Crippen LogP contribution in [0.4, 0.5) is 0 Å². The summed E-state index contributed by atoms with van der Waals surface area (Å²) in [5.74, 6) is -0.776. The molecule has 0 spiro atoms. The van der Waals surface area contributed by atoms with E-state index in [1.165, 1.54) is 23.1 Å². The van der Waals surface area contributed by atoms with Gasteiger partial charge in [0.25, 0.3) is 0 Å². The summed E-state index contributed by atoms with van der Waals surface area (Å²) < 4.78 is 11.1. The van der Waals surface area contributed by atoms with E-state index in [9.17, 15) is 15.3 Å². The zero-order valence-corrected chi connectivity index (χ0v) is 19.6. The standard InChI is InChI=1S/C23H22N4O3S2/c1-4-16-13(3)9-14(10-24)22(27-16)32-12-17-20(23(28)29-5-2)19(18-7-6-8-31-18)15(11-25)21(26)30-17/h6-9,19H,4-5,12,26H2,1-3H3. The largest absolute Gasteiger partial charge is 0.463 e. The van der Waals surface area contributed by atoms with Crippen LogP contribution >= 0.6 is 23.1 Å². The molecule has 0 fully saturated rings. The summed E-state index contributed by atoms with van der Waals surface area (Å²) in [6.45, 7) is 5.82. The Hall–Kier alpha value is -3.27. The van der Waals surface area contributed by atoms with Crippen molar-refractivity contribution in [2.24, 2.45) is 5.73 Å². The Morgan fingerprint density at radius 3 is 2.75 bits per heavy atom. The number of esters is 1. The molecule has 1 aliphatic heterocycles. The fourth-order valence-electron chi connectivity index (χ4n) is 3.41. The lowest BCUT2D eigenvalue weighted by Crippen LogP contribution is -2.26. The average Bonchev–Trinajstić information content (AvgIpc) is 3.32. The van der Waals surface area contributed by atoms with Crippen molar-refractivity contribution in [3.05, 3.63) is 68.1 Å². The highest BCUT2D eigenvalue weighted by Crippen LogP contribution is 2.42. The number of nitrogens with two attached hydrogens (primary N) is 1. The van der Waals surface area contributed by atoms with Gasteiger partial charge in [0, 0.05) is 10.6 Å². The van der Waals surface area contributed by atoms with Crippen LogP contribution < -0.4 is 5.73 Å². The van der Waals surface area contributed by atoms with Crippen LogP contribution in [-0.2, 0) is 20.7 Å². The third-order valence-electron chi connectivity index (χ3n) is 4.90. The number of nitrogens with zero attached hydrogens (tertiary/aromatic N) is 3. The summed E-state index contributed by atoms with van der Waals surface area (Å²) in [7, 11) is 0. The molecular formula is C23H22N4O3S2. The van der Waals surface area contributed by atoms with E-state index in [4.69, 9.17) is 15.2 Å². The summed E-state index contributed by atoms with van der Waals surface area (Å²) in [6, 6.07) is 9.77. The molecule has 2 aromatic heterocycles. The van der Waals surface area contributed by atoms with E-state index in [-0.39, 0.29) is 29.4 Å². The molecule has 0 bridgehead atoms. The second kappa shape index (κ2) is 10.4. The minimum atomic E-state index is -0.670. The monoisotopic (exact) mass is 466 g/mol. The number of thioether (sulfide) groups is 1. The first-order chi connectivity index (χ1) is 15.4. The third-order valence-corrected chi connectivity index (χ3v) is 6.83. The Bertz CT molecular complexity index is 1170. The number of pyridine rings is 1. The number of allylic oxidation sites excluding steroid dienone is 1. The van der Waals surface area contributed by atoms with Crippen molar-refractivity contribution in [1.29, 1.82) is 10.5 Å². The Morgan fingerprint density at radius 1 is 1.38 bits per heavy atom. The normalized spacial score (nSPS) is 15.7. The molecule has 9 heteroatoms. The molecule has 2 N–H and O–H groups in total. The number of hydrogen-bond acceptors (Lipinski definition) is 9. The van der Waals surface area contributed by atoms with Crippen molar-refractivity contribution in [3.63, 3.8) is 0 Å². The van der Waals surface area contributed by atoms with Crippen molar-refractivity contribution in [2.45, 2.75) is 38.1 Å². The number of carbonyl (C=O) groups excluding carboxylic acids is 1. The first kappa shape index (κ1) is 23.4. The molecule has 1 atom stereocenters.